The van der Waals surface area contributed by atoms with Crippen LogP contribution in [0.2, 0.25) is 0 Å². The SMILES string of the molecule is CC(CN=C(N)NC(C)(C)C)c1nc(-c2ccccc2)no1. The maximum absolute atomic E-state index is 5.85. The Morgan fingerprint density at radius 1 is 1.32 bits per heavy atom. The van der Waals surface area contributed by atoms with Crippen LogP contribution in [0, 0.1) is 0 Å². The summed E-state index contributed by atoms with van der Waals surface area (Å²) in [4.78, 5) is 8.75. The van der Waals surface area contributed by atoms with Crippen LogP contribution in [0.1, 0.15) is 39.5 Å². The van der Waals surface area contributed by atoms with Crippen LogP contribution < -0.4 is 11.1 Å². The summed E-state index contributed by atoms with van der Waals surface area (Å²) in [5, 5.41) is 7.13. The third-order valence-electron chi connectivity index (χ3n) is 2.93. The molecule has 2 rings (SSSR count). The molecule has 0 aliphatic rings. The first kappa shape index (κ1) is 16.0. The smallest absolute Gasteiger partial charge is 0.231 e. The van der Waals surface area contributed by atoms with E-state index in [9.17, 15) is 0 Å². The van der Waals surface area contributed by atoms with Crippen molar-refractivity contribution in [1.29, 1.82) is 0 Å². The van der Waals surface area contributed by atoms with Crippen LogP contribution in [0.25, 0.3) is 11.4 Å². The molecule has 1 atom stereocenters. The van der Waals surface area contributed by atoms with Gasteiger partial charge in [0.25, 0.3) is 0 Å². The number of nitrogens with zero attached hydrogens (tertiary/aromatic N) is 3. The lowest BCUT2D eigenvalue weighted by Crippen LogP contribution is -2.45. The Morgan fingerprint density at radius 2 is 2.00 bits per heavy atom. The van der Waals surface area contributed by atoms with E-state index in [0.29, 0.717) is 24.2 Å². The highest BCUT2D eigenvalue weighted by Crippen LogP contribution is 2.19. The summed E-state index contributed by atoms with van der Waals surface area (Å²) in [5.74, 6) is 1.57. The molecule has 1 aromatic heterocycles. The second-order valence-corrected chi connectivity index (χ2v) is 6.32. The average Bonchev–Trinajstić information content (AvgIpc) is 2.94. The van der Waals surface area contributed by atoms with Crippen LogP contribution in [0.4, 0.5) is 0 Å². The van der Waals surface area contributed by atoms with Crippen molar-refractivity contribution in [3.05, 3.63) is 36.2 Å². The molecule has 0 radical (unpaired) electrons. The van der Waals surface area contributed by atoms with E-state index in [1.165, 1.54) is 0 Å². The van der Waals surface area contributed by atoms with Gasteiger partial charge < -0.3 is 15.6 Å². The zero-order chi connectivity index (χ0) is 16.2. The molecule has 0 aliphatic heterocycles. The van der Waals surface area contributed by atoms with E-state index in [1.807, 2.05) is 58.0 Å². The molecule has 0 saturated heterocycles. The van der Waals surface area contributed by atoms with E-state index >= 15 is 0 Å². The van der Waals surface area contributed by atoms with Crippen LogP contribution in [0.5, 0.6) is 0 Å². The Hall–Kier alpha value is -2.37. The number of benzene rings is 1. The van der Waals surface area contributed by atoms with Gasteiger partial charge in [0, 0.05) is 11.1 Å². The molecule has 1 aromatic carbocycles. The van der Waals surface area contributed by atoms with Gasteiger partial charge in [0.1, 0.15) is 0 Å². The van der Waals surface area contributed by atoms with E-state index in [1.54, 1.807) is 0 Å². The number of rotatable bonds is 4. The number of hydrogen-bond donors (Lipinski definition) is 2. The summed E-state index contributed by atoms with van der Waals surface area (Å²) in [5.41, 5.74) is 6.68. The summed E-state index contributed by atoms with van der Waals surface area (Å²) in [7, 11) is 0. The minimum Gasteiger partial charge on any atom is -0.370 e. The Labute approximate surface area is 130 Å². The highest BCUT2D eigenvalue weighted by atomic mass is 16.5. The van der Waals surface area contributed by atoms with Crippen molar-refractivity contribution in [2.45, 2.75) is 39.2 Å². The zero-order valence-corrected chi connectivity index (χ0v) is 13.5. The van der Waals surface area contributed by atoms with Crippen molar-refractivity contribution >= 4 is 5.96 Å². The van der Waals surface area contributed by atoms with Crippen molar-refractivity contribution < 1.29 is 4.52 Å². The molecule has 0 aliphatic carbocycles. The van der Waals surface area contributed by atoms with Gasteiger partial charge in [0.2, 0.25) is 11.7 Å². The van der Waals surface area contributed by atoms with E-state index in [4.69, 9.17) is 10.3 Å². The van der Waals surface area contributed by atoms with Crippen molar-refractivity contribution in [3.8, 4) is 11.4 Å². The largest absolute Gasteiger partial charge is 0.370 e. The Morgan fingerprint density at radius 3 is 2.64 bits per heavy atom. The Balaban J connectivity index is 2.01. The van der Waals surface area contributed by atoms with Gasteiger partial charge >= 0.3 is 0 Å². The summed E-state index contributed by atoms with van der Waals surface area (Å²) in [6.45, 7) is 8.57. The van der Waals surface area contributed by atoms with Gasteiger partial charge in [-0.15, -0.1) is 0 Å². The number of nitrogens with two attached hydrogens (primary N) is 1. The molecule has 22 heavy (non-hydrogen) atoms. The number of guanidine groups is 1. The fourth-order valence-electron chi connectivity index (χ4n) is 1.88. The molecular weight excluding hydrogens is 278 g/mol. The number of aliphatic imine (C=N–C) groups is 1. The second-order valence-electron chi connectivity index (χ2n) is 6.32. The fourth-order valence-corrected chi connectivity index (χ4v) is 1.88. The van der Waals surface area contributed by atoms with E-state index < -0.39 is 0 Å². The molecular formula is C16H23N5O. The first-order valence-corrected chi connectivity index (χ1v) is 7.32. The van der Waals surface area contributed by atoms with Crippen LogP contribution in [-0.2, 0) is 0 Å². The van der Waals surface area contributed by atoms with Crippen LogP contribution in [0.3, 0.4) is 0 Å². The third kappa shape index (κ3) is 4.58. The Kier molecular flexibility index (Phi) is 4.80. The van der Waals surface area contributed by atoms with Gasteiger partial charge in [0.05, 0.1) is 12.5 Å². The summed E-state index contributed by atoms with van der Waals surface area (Å²) in [6.07, 6.45) is 0. The van der Waals surface area contributed by atoms with Gasteiger partial charge in [-0.2, -0.15) is 4.98 Å². The van der Waals surface area contributed by atoms with Crippen LogP contribution in [0.15, 0.2) is 39.8 Å². The van der Waals surface area contributed by atoms with Crippen LogP contribution >= 0.6 is 0 Å². The lowest BCUT2D eigenvalue weighted by Gasteiger charge is -2.21. The van der Waals surface area contributed by atoms with Crippen LogP contribution in [-0.4, -0.2) is 28.2 Å². The van der Waals surface area contributed by atoms with Gasteiger partial charge in [-0.1, -0.05) is 42.4 Å². The highest BCUT2D eigenvalue weighted by Gasteiger charge is 2.16. The van der Waals surface area contributed by atoms with Crippen molar-refractivity contribution in [2.24, 2.45) is 10.7 Å². The molecule has 0 bridgehead atoms. The lowest BCUT2D eigenvalue weighted by atomic mass is 10.1. The van der Waals surface area contributed by atoms with Gasteiger partial charge in [-0.25, -0.2) is 0 Å². The standard InChI is InChI=1S/C16H23N5O/c1-11(10-18-15(17)20-16(2,3)4)14-19-13(21-22-14)12-8-6-5-7-9-12/h5-9,11H,10H2,1-4H3,(H3,17,18,20). The van der Waals surface area contributed by atoms with Gasteiger partial charge in [0.15, 0.2) is 5.96 Å². The first-order valence-electron chi connectivity index (χ1n) is 7.32. The Bertz CT molecular complexity index is 627. The lowest BCUT2D eigenvalue weighted by molar-refractivity contribution is 0.361. The molecule has 1 unspecified atom stereocenters. The van der Waals surface area contributed by atoms with E-state index in [2.05, 4.69) is 20.4 Å². The average molecular weight is 301 g/mol. The predicted molar refractivity (Wildman–Crippen MR) is 87.5 cm³/mol. The zero-order valence-electron chi connectivity index (χ0n) is 13.5. The molecule has 3 N–H and O–H groups in total. The normalized spacial score (nSPS) is 13.9. The van der Waals surface area contributed by atoms with E-state index in [-0.39, 0.29) is 11.5 Å². The highest BCUT2D eigenvalue weighted by molar-refractivity contribution is 5.78. The predicted octanol–water partition coefficient (Wildman–Crippen LogP) is 2.54. The monoisotopic (exact) mass is 301 g/mol. The molecule has 0 fully saturated rings. The second kappa shape index (κ2) is 6.60. The molecule has 6 heteroatoms. The molecule has 6 nitrogen and oxygen atoms in total. The summed E-state index contributed by atoms with van der Waals surface area (Å²) < 4.78 is 5.32. The molecule has 0 amide bonds. The molecule has 2 aromatic rings. The maximum Gasteiger partial charge on any atom is 0.231 e. The van der Waals surface area contributed by atoms with Crippen molar-refractivity contribution in [2.75, 3.05) is 6.54 Å². The van der Waals surface area contributed by atoms with Crippen molar-refractivity contribution in [3.63, 3.8) is 0 Å². The number of nitrogens with one attached hydrogen (secondary N) is 1. The summed E-state index contributed by atoms with van der Waals surface area (Å²) >= 11 is 0. The minimum absolute atomic E-state index is 0.00489. The van der Waals surface area contributed by atoms with Crippen molar-refractivity contribution in [1.82, 2.24) is 15.5 Å². The fraction of sp³-hybridized carbons (Fsp3) is 0.438. The first-order chi connectivity index (χ1) is 10.3. The van der Waals surface area contributed by atoms with Gasteiger partial charge in [-0.05, 0) is 20.8 Å². The maximum atomic E-state index is 5.85. The molecule has 0 spiro atoms. The molecule has 1 heterocycles. The van der Waals surface area contributed by atoms with E-state index in [0.717, 1.165) is 5.56 Å². The molecule has 0 saturated carbocycles. The summed E-state index contributed by atoms with van der Waals surface area (Å²) in [6, 6.07) is 9.73. The minimum atomic E-state index is -0.109. The number of aromatic nitrogens is 2. The molecule has 118 valence electrons. The quantitative estimate of drug-likeness (QED) is 0.669. The van der Waals surface area contributed by atoms with Gasteiger partial charge in [-0.3, -0.25) is 4.99 Å². The number of hydrogen-bond acceptors (Lipinski definition) is 4. The third-order valence-corrected chi connectivity index (χ3v) is 2.93. The topological polar surface area (TPSA) is 89.3 Å².